The van der Waals surface area contributed by atoms with Crippen LogP contribution in [0, 0.1) is 20.8 Å². The van der Waals surface area contributed by atoms with E-state index in [9.17, 15) is 9.59 Å². The van der Waals surface area contributed by atoms with Crippen molar-refractivity contribution in [3.63, 3.8) is 0 Å². The molecule has 5 heteroatoms. The number of hydrogen-bond acceptors (Lipinski definition) is 3. The second-order valence-corrected chi connectivity index (χ2v) is 5.27. The maximum absolute atomic E-state index is 11.9. The van der Waals surface area contributed by atoms with Crippen LogP contribution in [0.3, 0.4) is 0 Å². The molecule has 3 N–H and O–H groups in total. The molecule has 1 aromatic rings. The predicted octanol–water partition coefficient (Wildman–Crippen LogP) is 1.83. The van der Waals surface area contributed by atoms with Gasteiger partial charge in [0.1, 0.15) is 0 Å². The van der Waals surface area contributed by atoms with Gasteiger partial charge in [-0.05, 0) is 51.2 Å². The summed E-state index contributed by atoms with van der Waals surface area (Å²) in [4.78, 5) is 23.6. The lowest BCUT2D eigenvalue weighted by Gasteiger charge is -2.12. The van der Waals surface area contributed by atoms with Crippen LogP contribution in [-0.2, 0) is 9.59 Å². The topological polar surface area (TPSA) is 78.4 Å². The minimum Gasteiger partial charge on any atom is -0.396 e. The number of unbranched alkanes of at least 4 members (excludes halogenated alkanes) is 2. The third-order valence-electron chi connectivity index (χ3n) is 3.24. The van der Waals surface area contributed by atoms with Crippen LogP contribution in [0.15, 0.2) is 12.1 Å². The second-order valence-electron chi connectivity index (χ2n) is 5.27. The Labute approximate surface area is 125 Å². The number of anilines is 1. The Bertz CT molecular complexity index is 489. The minimum atomic E-state index is -0.646. The lowest BCUT2D eigenvalue weighted by molar-refractivity contribution is -0.136. The van der Waals surface area contributed by atoms with Gasteiger partial charge in [0.25, 0.3) is 0 Å². The van der Waals surface area contributed by atoms with E-state index in [2.05, 4.69) is 10.6 Å². The number of carbonyl (C=O) groups is 2. The van der Waals surface area contributed by atoms with Gasteiger partial charge in [0.05, 0.1) is 0 Å². The molecule has 0 saturated heterocycles. The van der Waals surface area contributed by atoms with Crippen LogP contribution < -0.4 is 10.6 Å². The van der Waals surface area contributed by atoms with Gasteiger partial charge in [-0.1, -0.05) is 17.7 Å². The average molecular weight is 292 g/mol. The molecule has 0 unspecified atom stereocenters. The Morgan fingerprint density at radius 2 is 1.62 bits per heavy atom. The van der Waals surface area contributed by atoms with Gasteiger partial charge in [-0.25, -0.2) is 0 Å². The zero-order chi connectivity index (χ0) is 15.8. The molecule has 0 radical (unpaired) electrons. The van der Waals surface area contributed by atoms with Crippen LogP contribution in [0.4, 0.5) is 5.69 Å². The predicted molar refractivity (Wildman–Crippen MR) is 83.2 cm³/mol. The van der Waals surface area contributed by atoms with Crippen LogP contribution in [-0.4, -0.2) is 30.1 Å². The van der Waals surface area contributed by atoms with E-state index in [1.165, 1.54) is 0 Å². The fraction of sp³-hybridized carbons (Fsp3) is 0.500. The maximum atomic E-state index is 11.9. The highest BCUT2D eigenvalue weighted by Gasteiger charge is 2.15. The van der Waals surface area contributed by atoms with Gasteiger partial charge in [0, 0.05) is 18.8 Å². The molecular weight excluding hydrogens is 268 g/mol. The second kappa shape index (κ2) is 8.42. The maximum Gasteiger partial charge on any atom is 0.313 e. The summed E-state index contributed by atoms with van der Waals surface area (Å²) in [7, 11) is 0. The summed E-state index contributed by atoms with van der Waals surface area (Å²) in [6.07, 6.45) is 2.29. The van der Waals surface area contributed by atoms with Crippen molar-refractivity contribution in [1.82, 2.24) is 5.32 Å². The number of aryl methyl sites for hydroxylation is 3. The molecule has 0 spiro atoms. The van der Waals surface area contributed by atoms with E-state index < -0.39 is 11.8 Å². The Morgan fingerprint density at radius 3 is 2.19 bits per heavy atom. The van der Waals surface area contributed by atoms with E-state index in [4.69, 9.17) is 5.11 Å². The van der Waals surface area contributed by atoms with Crippen LogP contribution in [0.2, 0.25) is 0 Å². The monoisotopic (exact) mass is 292 g/mol. The third-order valence-corrected chi connectivity index (χ3v) is 3.24. The first-order valence-corrected chi connectivity index (χ1v) is 7.23. The molecule has 0 aromatic heterocycles. The highest BCUT2D eigenvalue weighted by atomic mass is 16.3. The molecule has 0 aliphatic heterocycles. The van der Waals surface area contributed by atoms with Gasteiger partial charge in [0.15, 0.2) is 0 Å². The minimum absolute atomic E-state index is 0.153. The smallest absolute Gasteiger partial charge is 0.313 e. The molecule has 0 aliphatic carbocycles. The number of rotatable bonds is 6. The number of benzene rings is 1. The van der Waals surface area contributed by atoms with Crippen molar-refractivity contribution in [2.24, 2.45) is 0 Å². The van der Waals surface area contributed by atoms with Crippen LogP contribution in [0.1, 0.15) is 36.0 Å². The normalized spacial score (nSPS) is 10.3. The summed E-state index contributed by atoms with van der Waals surface area (Å²) in [6, 6.07) is 3.94. The zero-order valence-corrected chi connectivity index (χ0v) is 13.0. The first kappa shape index (κ1) is 17.2. The van der Waals surface area contributed by atoms with Gasteiger partial charge in [-0.2, -0.15) is 0 Å². The molecule has 0 bridgehead atoms. The zero-order valence-electron chi connectivity index (χ0n) is 13.0. The molecule has 0 fully saturated rings. The highest BCUT2D eigenvalue weighted by Crippen LogP contribution is 2.21. The Morgan fingerprint density at radius 1 is 1.00 bits per heavy atom. The number of carbonyl (C=O) groups excluding carboxylic acids is 2. The fourth-order valence-corrected chi connectivity index (χ4v) is 2.24. The molecule has 0 saturated carbocycles. The van der Waals surface area contributed by atoms with Crippen molar-refractivity contribution in [1.29, 1.82) is 0 Å². The number of hydrogen-bond donors (Lipinski definition) is 3. The highest BCUT2D eigenvalue weighted by molar-refractivity contribution is 6.39. The molecule has 0 aliphatic rings. The summed E-state index contributed by atoms with van der Waals surface area (Å²) in [5.41, 5.74) is 3.70. The lowest BCUT2D eigenvalue weighted by atomic mass is 10.1. The van der Waals surface area contributed by atoms with E-state index >= 15 is 0 Å². The quantitative estimate of drug-likeness (QED) is 0.553. The van der Waals surface area contributed by atoms with E-state index in [-0.39, 0.29) is 6.61 Å². The van der Waals surface area contributed by atoms with Crippen molar-refractivity contribution in [2.75, 3.05) is 18.5 Å². The number of aliphatic hydroxyl groups excluding tert-OH is 1. The summed E-state index contributed by atoms with van der Waals surface area (Å²) in [5, 5.41) is 13.9. The fourth-order valence-electron chi connectivity index (χ4n) is 2.24. The Kier molecular flexibility index (Phi) is 6.88. The van der Waals surface area contributed by atoms with Crippen molar-refractivity contribution in [3.05, 3.63) is 28.8 Å². The molecular formula is C16H24N2O3. The molecule has 0 heterocycles. The largest absolute Gasteiger partial charge is 0.396 e. The van der Waals surface area contributed by atoms with E-state index in [0.29, 0.717) is 18.7 Å². The molecule has 0 atom stereocenters. The number of amides is 2. The first-order chi connectivity index (χ1) is 9.95. The van der Waals surface area contributed by atoms with Crippen molar-refractivity contribution in [2.45, 2.75) is 40.0 Å². The van der Waals surface area contributed by atoms with Crippen LogP contribution in [0.5, 0.6) is 0 Å². The molecule has 1 rings (SSSR count). The molecule has 21 heavy (non-hydrogen) atoms. The summed E-state index contributed by atoms with van der Waals surface area (Å²) in [6.45, 7) is 6.40. The van der Waals surface area contributed by atoms with Crippen molar-refractivity contribution in [3.8, 4) is 0 Å². The SMILES string of the molecule is Cc1cc(C)c(NC(=O)C(=O)NCCCCCO)c(C)c1. The van der Waals surface area contributed by atoms with Gasteiger partial charge in [-0.3, -0.25) is 9.59 Å². The Hall–Kier alpha value is -1.88. The van der Waals surface area contributed by atoms with Gasteiger partial charge < -0.3 is 15.7 Å². The Balaban J connectivity index is 2.51. The summed E-state index contributed by atoms with van der Waals surface area (Å²) >= 11 is 0. The van der Waals surface area contributed by atoms with Gasteiger partial charge in [-0.15, -0.1) is 0 Å². The lowest BCUT2D eigenvalue weighted by Crippen LogP contribution is -2.36. The summed E-state index contributed by atoms with van der Waals surface area (Å²) in [5.74, 6) is -1.27. The van der Waals surface area contributed by atoms with E-state index in [1.807, 2.05) is 32.9 Å². The molecule has 116 valence electrons. The summed E-state index contributed by atoms with van der Waals surface area (Å²) < 4.78 is 0. The molecule has 5 nitrogen and oxygen atoms in total. The molecule has 1 aromatic carbocycles. The number of aliphatic hydroxyl groups is 1. The van der Waals surface area contributed by atoms with Crippen molar-refractivity contribution >= 4 is 17.5 Å². The van der Waals surface area contributed by atoms with Gasteiger partial charge in [0.2, 0.25) is 0 Å². The molecule has 2 amide bonds. The van der Waals surface area contributed by atoms with E-state index in [1.54, 1.807) is 0 Å². The van der Waals surface area contributed by atoms with Crippen LogP contribution >= 0.6 is 0 Å². The third kappa shape index (κ3) is 5.55. The standard InChI is InChI=1S/C16H24N2O3/c1-11-9-12(2)14(13(3)10-11)18-16(21)15(20)17-7-5-4-6-8-19/h9-10,19H,4-8H2,1-3H3,(H,17,20)(H,18,21). The van der Waals surface area contributed by atoms with Gasteiger partial charge >= 0.3 is 11.8 Å². The number of nitrogens with one attached hydrogen (secondary N) is 2. The van der Waals surface area contributed by atoms with E-state index in [0.717, 1.165) is 29.5 Å². The van der Waals surface area contributed by atoms with Crippen LogP contribution in [0.25, 0.3) is 0 Å². The average Bonchev–Trinajstić information content (AvgIpc) is 2.42. The van der Waals surface area contributed by atoms with Crippen molar-refractivity contribution < 1.29 is 14.7 Å². The first-order valence-electron chi connectivity index (χ1n) is 7.23.